The van der Waals surface area contributed by atoms with Crippen LogP contribution in [0.15, 0.2) is 36.4 Å². The number of hydrogen-bond donors (Lipinski definition) is 2. The average Bonchev–Trinajstić information content (AvgIpc) is 2.44. The molecule has 2 aromatic carbocycles. The van der Waals surface area contributed by atoms with Crippen LogP contribution in [-0.4, -0.2) is 13.0 Å². The first-order valence-electron chi connectivity index (χ1n) is 6.52. The van der Waals surface area contributed by atoms with Gasteiger partial charge in [-0.25, -0.2) is 8.78 Å². The third kappa shape index (κ3) is 3.56. The van der Waals surface area contributed by atoms with Gasteiger partial charge < -0.3 is 10.6 Å². The van der Waals surface area contributed by atoms with Gasteiger partial charge in [0, 0.05) is 19.2 Å². The molecule has 1 amide bonds. The second-order valence-corrected chi connectivity index (χ2v) is 4.74. The van der Waals surface area contributed by atoms with E-state index in [-0.39, 0.29) is 11.3 Å². The second kappa shape index (κ2) is 6.35. The molecule has 0 radical (unpaired) electrons. The molecular formula is C16H16F2N2O. The van der Waals surface area contributed by atoms with Crippen LogP contribution in [0.4, 0.5) is 14.5 Å². The molecule has 0 spiro atoms. The lowest BCUT2D eigenvalue weighted by molar-refractivity contribution is 0.0950. The number of benzene rings is 2. The molecule has 2 N–H and O–H groups in total. The summed E-state index contributed by atoms with van der Waals surface area (Å²) in [5.74, 6) is -2.10. The van der Waals surface area contributed by atoms with Gasteiger partial charge in [0.15, 0.2) is 0 Å². The van der Waals surface area contributed by atoms with Crippen LogP contribution in [0.2, 0.25) is 0 Å². The fourth-order valence-electron chi connectivity index (χ4n) is 2.05. The molecule has 0 heterocycles. The number of hydrogen-bond acceptors (Lipinski definition) is 2. The number of carbonyl (C=O) groups is 1. The number of nitrogens with one attached hydrogen (secondary N) is 2. The van der Waals surface area contributed by atoms with Crippen molar-refractivity contribution >= 4 is 11.6 Å². The number of carbonyl (C=O) groups excluding carboxylic acids is 1. The van der Waals surface area contributed by atoms with Crippen LogP contribution in [0.5, 0.6) is 0 Å². The van der Waals surface area contributed by atoms with E-state index in [1.54, 1.807) is 0 Å². The maximum absolute atomic E-state index is 13.6. The number of rotatable bonds is 4. The van der Waals surface area contributed by atoms with Crippen molar-refractivity contribution in [1.29, 1.82) is 0 Å². The van der Waals surface area contributed by atoms with Gasteiger partial charge in [-0.1, -0.05) is 29.8 Å². The van der Waals surface area contributed by atoms with Crippen LogP contribution < -0.4 is 10.6 Å². The molecule has 3 nitrogen and oxygen atoms in total. The Labute approximate surface area is 122 Å². The minimum Gasteiger partial charge on any atom is -0.383 e. The van der Waals surface area contributed by atoms with E-state index in [0.29, 0.717) is 6.54 Å². The highest BCUT2D eigenvalue weighted by atomic mass is 19.1. The van der Waals surface area contributed by atoms with E-state index >= 15 is 0 Å². The summed E-state index contributed by atoms with van der Waals surface area (Å²) in [7, 11) is 1.42. The summed E-state index contributed by atoms with van der Waals surface area (Å²) in [6, 6.07) is 9.68. The summed E-state index contributed by atoms with van der Waals surface area (Å²) >= 11 is 0. The van der Waals surface area contributed by atoms with Crippen molar-refractivity contribution in [2.45, 2.75) is 13.5 Å². The summed E-state index contributed by atoms with van der Waals surface area (Å²) in [6.45, 7) is 2.25. The fraction of sp³-hybridized carbons (Fsp3) is 0.188. The van der Waals surface area contributed by atoms with Gasteiger partial charge in [-0.05, 0) is 24.6 Å². The molecule has 0 aliphatic heterocycles. The number of halogens is 2. The van der Waals surface area contributed by atoms with Gasteiger partial charge in [0.1, 0.15) is 17.3 Å². The molecular weight excluding hydrogens is 274 g/mol. The molecule has 0 fully saturated rings. The third-order valence-corrected chi connectivity index (χ3v) is 3.09. The van der Waals surface area contributed by atoms with Crippen molar-refractivity contribution in [2.75, 3.05) is 12.4 Å². The molecule has 0 saturated carbocycles. The molecule has 5 heteroatoms. The smallest absolute Gasteiger partial charge is 0.251 e. The summed E-state index contributed by atoms with van der Waals surface area (Å²) in [6.07, 6.45) is 0. The predicted octanol–water partition coefficient (Wildman–Crippen LogP) is 3.24. The molecule has 0 atom stereocenters. The number of amides is 1. The highest BCUT2D eigenvalue weighted by Crippen LogP contribution is 2.20. The van der Waals surface area contributed by atoms with Crippen molar-refractivity contribution in [1.82, 2.24) is 5.32 Å². The molecule has 0 bridgehead atoms. The van der Waals surface area contributed by atoms with E-state index in [9.17, 15) is 13.6 Å². The van der Waals surface area contributed by atoms with Gasteiger partial charge >= 0.3 is 0 Å². The summed E-state index contributed by atoms with van der Waals surface area (Å²) in [5.41, 5.74) is 1.72. The average molecular weight is 290 g/mol. The summed E-state index contributed by atoms with van der Waals surface area (Å²) in [5, 5.41) is 5.05. The van der Waals surface area contributed by atoms with E-state index in [4.69, 9.17) is 0 Å². The van der Waals surface area contributed by atoms with Gasteiger partial charge in [0.25, 0.3) is 5.91 Å². The van der Waals surface area contributed by atoms with Crippen LogP contribution >= 0.6 is 0 Å². The van der Waals surface area contributed by atoms with Gasteiger partial charge in [-0.2, -0.15) is 0 Å². The Hall–Kier alpha value is -2.43. The Kier molecular flexibility index (Phi) is 4.52. The quantitative estimate of drug-likeness (QED) is 0.907. The Morgan fingerprint density at radius 3 is 2.38 bits per heavy atom. The zero-order valence-electron chi connectivity index (χ0n) is 11.8. The maximum atomic E-state index is 13.6. The first kappa shape index (κ1) is 15.0. The van der Waals surface area contributed by atoms with Crippen LogP contribution in [0.3, 0.4) is 0 Å². The highest BCUT2D eigenvalue weighted by Gasteiger charge is 2.14. The monoisotopic (exact) mass is 290 g/mol. The van der Waals surface area contributed by atoms with E-state index in [2.05, 4.69) is 10.6 Å². The minimum absolute atomic E-state index is 0.0448. The zero-order valence-corrected chi connectivity index (χ0v) is 11.8. The van der Waals surface area contributed by atoms with Gasteiger partial charge in [0.2, 0.25) is 0 Å². The highest BCUT2D eigenvalue weighted by molar-refractivity contribution is 5.94. The normalized spacial score (nSPS) is 10.3. The molecule has 110 valence electrons. The largest absolute Gasteiger partial charge is 0.383 e. The fourth-order valence-corrected chi connectivity index (χ4v) is 2.05. The van der Waals surface area contributed by atoms with Gasteiger partial charge in [-0.3, -0.25) is 4.79 Å². The van der Waals surface area contributed by atoms with Crippen LogP contribution in [0, 0.1) is 18.6 Å². The van der Waals surface area contributed by atoms with Crippen molar-refractivity contribution in [3.8, 4) is 0 Å². The van der Waals surface area contributed by atoms with Crippen molar-refractivity contribution in [2.24, 2.45) is 0 Å². The van der Waals surface area contributed by atoms with Crippen LogP contribution in [-0.2, 0) is 6.54 Å². The Morgan fingerprint density at radius 1 is 1.14 bits per heavy atom. The lowest BCUT2D eigenvalue weighted by Gasteiger charge is -2.09. The van der Waals surface area contributed by atoms with E-state index in [1.165, 1.54) is 7.05 Å². The second-order valence-electron chi connectivity index (χ2n) is 4.74. The SMILES string of the molecule is CNc1c(F)cc(C(=O)NCc2cccc(C)c2)cc1F. The molecule has 2 aromatic rings. The lowest BCUT2D eigenvalue weighted by atomic mass is 10.1. The molecule has 0 saturated heterocycles. The first-order chi connectivity index (χ1) is 10.0. The van der Waals surface area contributed by atoms with E-state index in [1.807, 2.05) is 31.2 Å². The van der Waals surface area contributed by atoms with E-state index < -0.39 is 17.5 Å². The van der Waals surface area contributed by atoms with Crippen LogP contribution in [0.25, 0.3) is 0 Å². The molecule has 0 aromatic heterocycles. The molecule has 0 aliphatic rings. The van der Waals surface area contributed by atoms with Gasteiger partial charge in [-0.15, -0.1) is 0 Å². The maximum Gasteiger partial charge on any atom is 0.251 e. The topological polar surface area (TPSA) is 41.1 Å². The Balaban J connectivity index is 2.10. The van der Waals surface area contributed by atoms with Crippen LogP contribution in [0.1, 0.15) is 21.5 Å². The van der Waals surface area contributed by atoms with E-state index in [0.717, 1.165) is 23.3 Å². The Bertz CT molecular complexity index is 648. The van der Waals surface area contributed by atoms with Gasteiger partial charge in [0.05, 0.1) is 0 Å². The zero-order chi connectivity index (χ0) is 15.4. The molecule has 2 rings (SSSR count). The molecule has 0 unspecified atom stereocenters. The van der Waals surface area contributed by atoms with Crippen molar-refractivity contribution < 1.29 is 13.6 Å². The molecule has 0 aliphatic carbocycles. The predicted molar refractivity (Wildman–Crippen MR) is 78.3 cm³/mol. The summed E-state index contributed by atoms with van der Waals surface area (Å²) < 4.78 is 27.2. The number of anilines is 1. The third-order valence-electron chi connectivity index (χ3n) is 3.09. The lowest BCUT2D eigenvalue weighted by Crippen LogP contribution is -2.23. The number of aryl methyl sites for hydroxylation is 1. The Morgan fingerprint density at radius 2 is 1.81 bits per heavy atom. The van der Waals surface area contributed by atoms with Crippen molar-refractivity contribution in [3.63, 3.8) is 0 Å². The first-order valence-corrected chi connectivity index (χ1v) is 6.52. The standard InChI is InChI=1S/C16H16F2N2O/c1-10-4-3-5-11(6-10)9-20-16(21)12-7-13(17)15(19-2)14(18)8-12/h3-8,19H,9H2,1-2H3,(H,20,21). The summed E-state index contributed by atoms with van der Waals surface area (Å²) in [4.78, 5) is 11.9. The molecule has 21 heavy (non-hydrogen) atoms. The minimum atomic E-state index is -0.793. The van der Waals surface area contributed by atoms with Crippen molar-refractivity contribution in [3.05, 3.63) is 64.7 Å².